The lowest BCUT2D eigenvalue weighted by atomic mass is 10.2. The summed E-state index contributed by atoms with van der Waals surface area (Å²) in [5, 5.41) is 3.88. The van der Waals surface area contributed by atoms with E-state index in [2.05, 4.69) is 43.9 Å². The highest BCUT2D eigenvalue weighted by Gasteiger charge is 2.44. The van der Waals surface area contributed by atoms with Crippen molar-refractivity contribution in [3.8, 4) is 0 Å². The van der Waals surface area contributed by atoms with E-state index in [0.717, 1.165) is 0 Å². The summed E-state index contributed by atoms with van der Waals surface area (Å²) in [5.74, 6) is 0. The number of ether oxygens (including phenoxy) is 1. The van der Waals surface area contributed by atoms with Crippen LogP contribution in [0.2, 0.25) is 18.1 Å². The molecular weight excluding hydrogens is 312 g/mol. The number of carbonyl (C=O) groups is 1. The van der Waals surface area contributed by atoms with Crippen LogP contribution < -0.4 is 0 Å². The topological polar surface area (TPSA) is 87.5 Å². The first-order valence-corrected chi connectivity index (χ1v) is 10.9. The fourth-order valence-corrected chi connectivity index (χ4v) is 3.42. The Morgan fingerprint density at radius 2 is 1.78 bits per heavy atom. The largest absolute Gasteiger partial charge is 0.444 e. The van der Waals surface area contributed by atoms with Gasteiger partial charge in [-0.25, -0.2) is 4.79 Å². The molecule has 2 atom stereocenters. The molecule has 23 heavy (non-hydrogen) atoms. The fraction of sp³-hybridized carbons (Fsp3) is 0.933. The van der Waals surface area contributed by atoms with Gasteiger partial charge in [-0.05, 0) is 44.4 Å². The van der Waals surface area contributed by atoms with Crippen molar-refractivity contribution in [2.75, 3.05) is 13.1 Å². The number of azide groups is 1. The van der Waals surface area contributed by atoms with E-state index in [1.54, 1.807) is 4.90 Å². The van der Waals surface area contributed by atoms with Crippen LogP contribution in [-0.2, 0) is 9.16 Å². The van der Waals surface area contributed by atoms with Crippen LogP contribution in [0.4, 0.5) is 4.79 Å². The second-order valence-electron chi connectivity index (χ2n) is 8.57. The molecule has 1 aliphatic rings. The van der Waals surface area contributed by atoms with Gasteiger partial charge in [0, 0.05) is 18.0 Å². The van der Waals surface area contributed by atoms with E-state index in [1.165, 1.54) is 0 Å². The van der Waals surface area contributed by atoms with Crippen LogP contribution in [0.3, 0.4) is 0 Å². The van der Waals surface area contributed by atoms with E-state index in [0.29, 0.717) is 13.1 Å². The second kappa shape index (κ2) is 6.71. The van der Waals surface area contributed by atoms with E-state index in [9.17, 15) is 4.79 Å². The second-order valence-corrected chi connectivity index (χ2v) is 13.3. The highest BCUT2D eigenvalue weighted by atomic mass is 28.4. The van der Waals surface area contributed by atoms with Gasteiger partial charge in [-0.1, -0.05) is 25.9 Å². The van der Waals surface area contributed by atoms with Gasteiger partial charge in [0.2, 0.25) is 0 Å². The lowest BCUT2D eigenvalue weighted by Crippen LogP contribution is -2.46. The van der Waals surface area contributed by atoms with Crippen LogP contribution in [0.5, 0.6) is 0 Å². The SMILES string of the molecule is CC(C)(C)OC(=O)N1C[C@H](O[Si](C)(C)C(C)(C)C)[C@H](N=[N+]=[N-])C1. The van der Waals surface area contributed by atoms with Crippen molar-refractivity contribution >= 4 is 14.4 Å². The molecule has 0 aromatic carbocycles. The molecule has 1 fully saturated rings. The number of nitrogens with zero attached hydrogens (tertiary/aromatic N) is 4. The van der Waals surface area contributed by atoms with Crippen molar-refractivity contribution in [1.29, 1.82) is 0 Å². The van der Waals surface area contributed by atoms with Crippen molar-refractivity contribution in [2.24, 2.45) is 5.11 Å². The van der Waals surface area contributed by atoms with Crippen molar-refractivity contribution in [3.05, 3.63) is 10.4 Å². The summed E-state index contributed by atoms with van der Waals surface area (Å²) in [4.78, 5) is 16.7. The first-order valence-electron chi connectivity index (χ1n) is 7.97. The Morgan fingerprint density at radius 3 is 2.22 bits per heavy atom. The molecule has 0 saturated carbocycles. The van der Waals surface area contributed by atoms with Gasteiger partial charge >= 0.3 is 6.09 Å². The molecular formula is C15H30N4O3Si. The minimum atomic E-state index is -2.01. The van der Waals surface area contributed by atoms with Crippen LogP contribution >= 0.6 is 0 Å². The highest BCUT2D eigenvalue weighted by Crippen LogP contribution is 2.38. The number of likely N-dealkylation sites (tertiary alicyclic amines) is 1. The third-order valence-corrected chi connectivity index (χ3v) is 8.85. The quantitative estimate of drug-likeness (QED) is 0.331. The van der Waals surface area contributed by atoms with Crippen LogP contribution in [0.25, 0.3) is 10.4 Å². The zero-order valence-corrected chi connectivity index (χ0v) is 16.6. The number of hydrogen-bond acceptors (Lipinski definition) is 4. The molecule has 1 saturated heterocycles. The summed E-state index contributed by atoms with van der Waals surface area (Å²) in [6, 6.07) is -0.373. The zero-order chi connectivity index (χ0) is 18.1. The van der Waals surface area contributed by atoms with Gasteiger partial charge in [-0.2, -0.15) is 0 Å². The number of carbonyl (C=O) groups excluding carboxylic acids is 1. The van der Waals surface area contributed by atoms with Crippen molar-refractivity contribution in [2.45, 2.75) is 77.4 Å². The Kier molecular flexibility index (Phi) is 5.77. The van der Waals surface area contributed by atoms with Crippen LogP contribution in [0.15, 0.2) is 5.11 Å². The first-order chi connectivity index (χ1) is 10.3. The van der Waals surface area contributed by atoms with Gasteiger partial charge in [0.15, 0.2) is 8.32 Å². The maximum absolute atomic E-state index is 12.2. The zero-order valence-electron chi connectivity index (χ0n) is 15.6. The third-order valence-electron chi connectivity index (χ3n) is 4.34. The molecule has 0 aliphatic carbocycles. The minimum absolute atomic E-state index is 0.0489. The monoisotopic (exact) mass is 342 g/mol. The normalized spacial score (nSPS) is 22.7. The number of amides is 1. The molecule has 0 N–H and O–H groups in total. The minimum Gasteiger partial charge on any atom is -0.444 e. The van der Waals surface area contributed by atoms with E-state index in [-0.39, 0.29) is 17.2 Å². The summed E-state index contributed by atoms with van der Waals surface area (Å²) in [5.41, 5.74) is 8.24. The molecule has 7 nitrogen and oxygen atoms in total. The average molecular weight is 343 g/mol. The van der Waals surface area contributed by atoms with Gasteiger partial charge in [-0.15, -0.1) is 0 Å². The molecule has 1 aliphatic heterocycles. The molecule has 0 bridgehead atoms. The predicted molar refractivity (Wildman–Crippen MR) is 92.8 cm³/mol. The smallest absolute Gasteiger partial charge is 0.410 e. The van der Waals surface area contributed by atoms with E-state index in [1.807, 2.05) is 20.8 Å². The third kappa shape index (κ3) is 5.41. The average Bonchev–Trinajstić information content (AvgIpc) is 2.69. The summed E-state index contributed by atoms with van der Waals surface area (Å²) < 4.78 is 11.8. The van der Waals surface area contributed by atoms with Gasteiger partial charge in [0.1, 0.15) is 5.60 Å². The molecule has 0 aromatic rings. The molecule has 0 radical (unpaired) electrons. The molecule has 0 spiro atoms. The standard InChI is InChI=1S/C15H30N4O3Si/c1-14(2,3)21-13(20)19-9-11(17-18-16)12(10-19)22-23(7,8)15(4,5)6/h11-12H,9-10H2,1-8H3/t11-,12+/m1/s1. The van der Waals surface area contributed by atoms with Crippen LogP contribution in [-0.4, -0.2) is 50.1 Å². The lowest BCUT2D eigenvalue weighted by molar-refractivity contribution is 0.0272. The van der Waals surface area contributed by atoms with Gasteiger partial charge in [0.25, 0.3) is 0 Å². The molecule has 8 heteroatoms. The maximum atomic E-state index is 12.2. The predicted octanol–water partition coefficient (Wildman–Crippen LogP) is 4.31. The van der Waals surface area contributed by atoms with E-state index in [4.69, 9.17) is 14.7 Å². The summed E-state index contributed by atoms with van der Waals surface area (Å²) in [6.07, 6.45) is -0.670. The highest BCUT2D eigenvalue weighted by molar-refractivity contribution is 6.74. The molecule has 0 aromatic heterocycles. The van der Waals surface area contributed by atoms with Crippen molar-refractivity contribution in [1.82, 2.24) is 4.90 Å². The Bertz CT molecular complexity index is 490. The molecule has 132 valence electrons. The van der Waals surface area contributed by atoms with Gasteiger partial charge in [0.05, 0.1) is 12.1 Å². The summed E-state index contributed by atoms with van der Waals surface area (Å²) in [6.45, 7) is 17.0. The number of hydrogen-bond donors (Lipinski definition) is 0. The Labute approximate surface area is 140 Å². The number of rotatable bonds is 3. The Balaban J connectivity index is 2.87. The van der Waals surface area contributed by atoms with E-state index >= 15 is 0 Å². The van der Waals surface area contributed by atoms with Crippen LogP contribution in [0.1, 0.15) is 41.5 Å². The molecule has 1 rings (SSSR count). The molecule has 1 amide bonds. The molecule has 0 unspecified atom stereocenters. The lowest BCUT2D eigenvalue weighted by Gasteiger charge is -2.39. The van der Waals surface area contributed by atoms with Gasteiger partial charge < -0.3 is 14.1 Å². The Morgan fingerprint density at radius 1 is 1.22 bits per heavy atom. The van der Waals surface area contributed by atoms with Crippen molar-refractivity contribution in [3.63, 3.8) is 0 Å². The van der Waals surface area contributed by atoms with Crippen molar-refractivity contribution < 1.29 is 14.0 Å². The van der Waals surface area contributed by atoms with E-state index < -0.39 is 20.0 Å². The Hall–Kier alpha value is -1.24. The molecule has 1 heterocycles. The first kappa shape index (κ1) is 19.8. The van der Waals surface area contributed by atoms with Gasteiger partial charge in [-0.3, -0.25) is 0 Å². The maximum Gasteiger partial charge on any atom is 0.410 e. The fourth-order valence-electron chi connectivity index (χ4n) is 2.08. The summed E-state index contributed by atoms with van der Waals surface area (Å²) in [7, 11) is -2.01. The summed E-state index contributed by atoms with van der Waals surface area (Å²) >= 11 is 0. The van der Waals surface area contributed by atoms with Crippen LogP contribution in [0, 0.1) is 0 Å².